The van der Waals surface area contributed by atoms with Gasteiger partial charge in [-0.25, -0.2) is 0 Å². The largest absolute Gasteiger partial charge is 0.457 e. The van der Waals surface area contributed by atoms with Crippen LogP contribution in [0.15, 0.2) is 54.6 Å². The van der Waals surface area contributed by atoms with E-state index in [0.29, 0.717) is 12.8 Å². The summed E-state index contributed by atoms with van der Waals surface area (Å²) in [6, 6.07) is 9.53. The predicted molar refractivity (Wildman–Crippen MR) is 139 cm³/mol. The third-order valence-electron chi connectivity index (χ3n) is 9.34. The minimum absolute atomic E-state index is 0.195. The second-order valence-electron chi connectivity index (χ2n) is 11.7. The molecule has 1 amide bonds. The lowest BCUT2D eigenvalue weighted by atomic mass is 9.51. The summed E-state index contributed by atoms with van der Waals surface area (Å²) in [4.78, 5) is 39.7. The van der Waals surface area contributed by atoms with Gasteiger partial charge in [-0.1, -0.05) is 56.3 Å². The number of carbonyl (C=O) groups excluding carboxylic acids is 3. The highest BCUT2D eigenvalue weighted by molar-refractivity contribution is 5.91. The number of aliphatic hydroxyl groups excluding tert-OH is 1. The molecule has 2 aliphatic carbocycles. The molecule has 8 nitrogen and oxygen atoms in total. The van der Waals surface area contributed by atoms with Crippen molar-refractivity contribution < 1.29 is 34.1 Å². The Bertz CT molecular complexity index is 1180. The van der Waals surface area contributed by atoms with Gasteiger partial charge >= 0.3 is 5.97 Å². The summed E-state index contributed by atoms with van der Waals surface area (Å²) >= 11 is 0. The van der Waals surface area contributed by atoms with Crippen LogP contribution in [0.2, 0.25) is 0 Å². The van der Waals surface area contributed by atoms with Gasteiger partial charge in [0.1, 0.15) is 22.7 Å². The summed E-state index contributed by atoms with van der Waals surface area (Å²) in [6.07, 6.45) is 6.01. The number of esters is 1. The van der Waals surface area contributed by atoms with E-state index < -0.39 is 46.6 Å². The number of epoxide rings is 1. The zero-order valence-corrected chi connectivity index (χ0v) is 22.3. The maximum Gasteiger partial charge on any atom is 0.303 e. The molecule has 3 fully saturated rings. The highest BCUT2D eigenvalue weighted by Gasteiger charge is 2.80. The zero-order valence-electron chi connectivity index (χ0n) is 22.3. The number of amides is 1. The van der Waals surface area contributed by atoms with Crippen molar-refractivity contribution in [2.45, 2.75) is 70.0 Å². The molecule has 1 saturated carbocycles. The van der Waals surface area contributed by atoms with Gasteiger partial charge in [0.05, 0.1) is 12.7 Å². The number of allylic oxidation sites excluding steroid dienone is 1. The average molecular weight is 524 g/mol. The second kappa shape index (κ2) is 9.43. The molecular formula is C30H37NO7. The molecule has 1 aromatic carbocycles. The number of aliphatic hydroxyl groups is 2. The Morgan fingerprint density at radius 2 is 1.89 bits per heavy atom. The van der Waals surface area contributed by atoms with Gasteiger partial charge < -0.3 is 25.0 Å². The Balaban J connectivity index is 1.71. The van der Waals surface area contributed by atoms with Gasteiger partial charge in [0, 0.05) is 30.7 Å². The number of Topliss-reactive ketones (excluding diaryl/α,β-unsaturated/α-hetero) is 1. The minimum atomic E-state index is -1.80. The molecule has 0 bridgehead atoms. The second-order valence-corrected chi connectivity index (χ2v) is 11.7. The van der Waals surface area contributed by atoms with E-state index in [2.05, 4.69) is 5.32 Å². The first-order valence-electron chi connectivity index (χ1n) is 13.4. The van der Waals surface area contributed by atoms with Crippen LogP contribution in [-0.4, -0.2) is 63.9 Å². The molecule has 204 valence electrons. The first-order chi connectivity index (χ1) is 18.0. The first-order valence-corrected chi connectivity index (χ1v) is 13.4. The monoisotopic (exact) mass is 523 g/mol. The summed E-state index contributed by atoms with van der Waals surface area (Å²) in [5, 5.41) is 24.8. The predicted octanol–water partition coefficient (Wildman–Crippen LogP) is 2.13. The van der Waals surface area contributed by atoms with E-state index in [1.54, 1.807) is 6.92 Å². The van der Waals surface area contributed by atoms with E-state index in [4.69, 9.17) is 9.47 Å². The van der Waals surface area contributed by atoms with Gasteiger partial charge in [0.25, 0.3) is 0 Å². The Morgan fingerprint density at radius 1 is 1.18 bits per heavy atom. The van der Waals surface area contributed by atoms with E-state index in [1.165, 1.54) is 26.0 Å². The highest BCUT2D eigenvalue weighted by Crippen LogP contribution is 2.67. The van der Waals surface area contributed by atoms with E-state index in [0.717, 1.165) is 5.56 Å². The quantitative estimate of drug-likeness (QED) is 0.314. The smallest absolute Gasteiger partial charge is 0.303 e. The lowest BCUT2D eigenvalue weighted by Crippen LogP contribution is -2.61. The number of rotatable bonds is 4. The molecule has 1 spiro atoms. The molecule has 2 saturated heterocycles. The topological polar surface area (TPSA) is 125 Å². The standard InChI is InChI=1S/C30H37NO7/c1-17-9-8-12-21-26-29(16-32,38-26)18(2)24-22(15-20-10-6-5-7-11-20)31-27(35)30(21,24)23(37-19(3)33)13-14-28(4,36)25(17)34/h5-8,10-14,17-18,21-24,26,32,36H,9,15-16H2,1-4H3,(H,31,35)/t17-,18-,21-,22-,23+,24-,26-,28+,29+,30+/m0/s1. The van der Waals surface area contributed by atoms with Crippen molar-refractivity contribution in [2.24, 2.45) is 29.1 Å². The van der Waals surface area contributed by atoms with Crippen molar-refractivity contribution in [3.8, 4) is 0 Å². The van der Waals surface area contributed by atoms with Crippen LogP contribution in [0.4, 0.5) is 0 Å². The third kappa shape index (κ3) is 3.96. The minimum Gasteiger partial charge on any atom is -0.457 e. The van der Waals surface area contributed by atoms with Gasteiger partial charge in [-0.2, -0.15) is 0 Å². The molecule has 1 aromatic rings. The molecule has 5 rings (SSSR count). The van der Waals surface area contributed by atoms with E-state index in [1.807, 2.05) is 49.4 Å². The Morgan fingerprint density at radius 3 is 2.55 bits per heavy atom. The normalized spacial score (nSPS) is 43.8. The fourth-order valence-electron chi connectivity index (χ4n) is 7.46. The molecule has 0 unspecified atom stereocenters. The molecule has 2 aliphatic heterocycles. The van der Waals surface area contributed by atoms with E-state index in [-0.39, 0.29) is 36.2 Å². The van der Waals surface area contributed by atoms with Crippen LogP contribution in [0.3, 0.4) is 0 Å². The van der Waals surface area contributed by atoms with Crippen LogP contribution in [0.25, 0.3) is 0 Å². The molecule has 38 heavy (non-hydrogen) atoms. The van der Waals surface area contributed by atoms with E-state index in [9.17, 15) is 24.6 Å². The van der Waals surface area contributed by atoms with Crippen LogP contribution in [0.1, 0.15) is 39.7 Å². The van der Waals surface area contributed by atoms with Crippen LogP contribution in [0, 0.1) is 29.1 Å². The molecule has 3 N–H and O–H groups in total. The van der Waals surface area contributed by atoms with Gasteiger partial charge in [0.2, 0.25) is 5.91 Å². The van der Waals surface area contributed by atoms with Crippen LogP contribution < -0.4 is 5.32 Å². The van der Waals surface area contributed by atoms with Gasteiger partial charge in [-0.15, -0.1) is 0 Å². The van der Waals surface area contributed by atoms with Crippen molar-refractivity contribution >= 4 is 17.7 Å². The van der Waals surface area contributed by atoms with Crippen molar-refractivity contribution in [2.75, 3.05) is 6.61 Å². The first kappa shape index (κ1) is 26.8. The Hall–Kier alpha value is -2.81. The summed E-state index contributed by atoms with van der Waals surface area (Å²) in [6.45, 7) is 6.25. The lowest BCUT2D eigenvalue weighted by molar-refractivity contribution is -0.163. The fourth-order valence-corrected chi connectivity index (χ4v) is 7.46. The number of benzene rings is 1. The van der Waals surface area contributed by atoms with Crippen molar-refractivity contribution in [3.63, 3.8) is 0 Å². The van der Waals surface area contributed by atoms with E-state index >= 15 is 0 Å². The molecule has 4 aliphatic rings. The molecule has 10 atom stereocenters. The Labute approximate surface area is 223 Å². The lowest BCUT2D eigenvalue weighted by Gasteiger charge is -2.49. The molecule has 0 aromatic heterocycles. The average Bonchev–Trinajstić information content (AvgIpc) is 3.56. The third-order valence-corrected chi connectivity index (χ3v) is 9.34. The Kier molecular flexibility index (Phi) is 6.65. The fraction of sp³-hybridized carbons (Fsp3) is 0.567. The van der Waals surface area contributed by atoms with Crippen LogP contribution >= 0.6 is 0 Å². The number of fused-ring (bicyclic) bond motifs is 2. The maximum atomic E-state index is 14.3. The summed E-state index contributed by atoms with van der Waals surface area (Å²) in [5.74, 6) is -2.85. The summed E-state index contributed by atoms with van der Waals surface area (Å²) < 4.78 is 12.1. The molecule has 0 radical (unpaired) electrons. The van der Waals surface area contributed by atoms with Gasteiger partial charge in [-0.05, 0) is 43.4 Å². The van der Waals surface area contributed by atoms with Gasteiger partial charge in [0.15, 0.2) is 5.78 Å². The van der Waals surface area contributed by atoms with Gasteiger partial charge in [-0.3, -0.25) is 14.4 Å². The molecular weight excluding hydrogens is 486 g/mol. The zero-order chi connectivity index (χ0) is 27.5. The molecule has 8 heteroatoms. The number of nitrogens with one attached hydrogen (secondary N) is 1. The van der Waals surface area contributed by atoms with Crippen molar-refractivity contribution in [3.05, 3.63) is 60.2 Å². The number of hydrogen-bond donors (Lipinski definition) is 3. The highest BCUT2D eigenvalue weighted by atomic mass is 16.6. The maximum absolute atomic E-state index is 14.3. The molecule has 2 heterocycles. The summed E-state index contributed by atoms with van der Waals surface area (Å²) in [5.41, 5.74) is -2.85. The number of carbonyl (C=O) groups is 3. The van der Waals surface area contributed by atoms with Crippen LogP contribution in [0.5, 0.6) is 0 Å². The van der Waals surface area contributed by atoms with Crippen molar-refractivity contribution in [1.82, 2.24) is 5.32 Å². The number of ether oxygens (including phenoxy) is 2. The number of ketones is 1. The van der Waals surface area contributed by atoms with Crippen molar-refractivity contribution in [1.29, 1.82) is 0 Å². The number of hydrogen-bond acceptors (Lipinski definition) is 7. The van der Waals surface area contributed by atoms with Crippen LogP contribution in [-0.2, 0) is 30.3 Å². The summed E-state index contributed by atoms with van der Waals surface area (Å²) in [7, 11) is 0. The SMILES string of the molecule is CC(=O)O[C@@H]1C=C[C@@](C)(O)C(=O)[C@@H](C)CC=C[C@H]2[C@@H]3O[C@]3(CO)[C@@H](C)[C@H]3[C@H](Cc4ccccc4)NC(=O)[C@@]312.